The first-order valence-electron chi connectivity index (χ1n) is 12.5. The summed E-state index contributed by atoms with van der Waals surface area (Å²) in [4.78, 5) is 59.0. The topological polar surface area (TPSA) is 90.9 Å². The maximum atomic E-state index is 14.3. The van der Waals surface area contributed by atoms with Crippen LogP contribution >= 0.6 is 0 Å². The van der Waals surface area contributed by atoms with Gasteiger partial charge in [0.2, 0.25) is 5.91 Å². The van der Waals surface area contributed by atoms with Crippen LogP contribution in [0.1, 0.15) is 42.4 Å². The molecule has 0 bridgehead atoms. The Hall–Kier alpha value is -4.59. The molecule has 0 spiro atoms. The van der Waals surface area contributed by atoms with Gasteiger partial charge in [-0.1, -0.05) is 80.6 Å². The number of hydrogen-bond acceptors (Lipinski definition) is 5. The highest BCUT2D eigenvalue weighted by molar-refractivity contribution is 6.02. The van der Waals surface area contributed by atoms with Crippen molar-refractivity contribution in [2.45, 2.75) is 39.3 Å². The maximum Gasteiger partial charge on any atom is 0.277 e. The van der Waals surface area contributed by atoms with Gasteiger partial charge >= 0.3 is 0 Å². The number of nitrogens with zero attached hydrogens (tertiary/aromatic N) is 4. The van der Waals surface area contributed by atoms with Gasteiger partial charge in [0.25, 0.3) is 11.8 Å². The van der Waals surface area contributed by atoms with Gasteiger partial charge in [-0.2, -0.15) is 0 Å². The van der Waals surface area contributed by atoms with E-state index in [0.29, 0.717) is 17.5 Å². The molecule has 1 aliphatic heterocycles. The third-order valence-corrected chi connectivity index (χ3v) is 6.37. The molecule has 0 saturated heterocycles. The summed E-state index contributed by atoms with van der Waals surface area (Å²) in [6.45, 7) is 4.99. The molecule has 0 saturated carbocycles. The molecule has 1 aliphatic rings. The van der Waals surface area contributed by atoms with Crippen LogP contribution in [-0.2, 0) is 20.8 Å². The number of carbonyl (C=O) groups is 4. The summed E-state index contributed by atoms with van der Waals surface area (Å²) in [6.07, 6.45) is 4.00. The molecule has 2 aromatic carbocycles. The van der Waals surface area contributed by atoms with Crippen molar-refractivity contribution in [1.82, 2.24) is 19.9 Å². The SMILES string of the molecule is CC(=O)N([C@H](C=O)Cc1ccccc1)N1C(=O)[C@@H](C(C)C)N(C(=O)c2ccccn2)C=C1c1ccccc1. The van der Waals surface area contributed by atoms with Gasteiger partial charge in [0.05, 0.1) is 5.70 Å². The fourth-order valence-electron chi connectivity index (χ4n) is 4.64. The molecule has 0 aliphatic carbocycles. The molecule has 0 N–H and O–H groups in total. The summed E-state index contributed by atoms with van der Waals surface area (Å²) in [5, 5.41) is 2.48. The molecule has 3 aromatic rings. The zero-order valence-electron chi connectivity index (χ0n) is 21.6. The van der Waals surface area contributed by atoms with Gasteiger partial charge in [-0.25, -0.2) is 10.0 Å². The number of amides is 3. The van der Waals surface area contributed by atoms with Gasteiger partial charge in [0.15, 0.2) is 0 Å². The van der Waals surface area contributed by atoms with Crippen molar-refractivity contribution >= 4 is 29.7 Å². The molecule has 2 heterocycles. The highest BCUT2D eigenvalue weighted by atomic mass is 16.2. The minimum absolute atomic E-state index is 0.196. The summed E-state index contributed by atoms with van der Waals surface area (Å²) >= 11 is 0. The van der Waals surface area contributed by atoms with Crippen molar-refractivity contribution in [1.29, 1.82) is 0 Å². The van der Waals surface area contributed by atoms with Gasteiger partial charge in [-0.3, -0.25) is 24.3 Å². The molecule has 8 heteroatoms. The van der Waals surface area contributed by atoms with Crippen molar-refractivity contribution < 1.29 is 19.2 Å². The summed E-state index contributed by atoms with van der Waals surface area (Å²) in [5.74, 6) is -1.69. The van der Waals surface area contributed by atoms with E-state index in [1.54, 1.807) is 48.7 Å². The Balaban J connectivity index is 1.87. The lowest BCUT2D eigenvalue weighted by Crippen LogP contribution is -2.62. The highest BCUT2D eigenvalue weighted by Crippen LogP contribution is 2.33. The Bertz CT molecular complexity index is 1330. The second-order valence-corrected chi connectivity index (χ2v) is 9.40. The lowest BCUT2D eigenvalue weighted by molar-refractivity contribution is -0.165. The van der Waals surface area contributed by atoms with Crippen LogP contribution in [0.4, 0.5) is 0 Å². The monoisotopic (exact) mass is 510 g/mol. The van der Waals surface area contributed by atoms with E-state index in [9.17, 15) is 19.2 Å². The van der Waals surface area contributed by atoms with E-state index < -0.39 is 29.8 Å². The number of rotatable bonds is 8. The predicted octanol–water partition coefficient (Wildman–Crippen LogP) is 3.96. The average Bonchev–Trinajstić information content (AvgIpc) is 2.93. The van der Waals surface area contributed by atoms with Crippen molar-refractivity contribution in [3.63, 3.8) is 0 Å². The molecule has 0 fully saturated rings. The molecule has 0 radical (unpaired) electrons. The molecule has 38 heavy (non-hydrogen) atoms. The highest BCUT2D eigenvalue weighted by Gasteiger charge is 2.45. The number of hydrogen-bond donors (Lipinski definition) is 0. The van der Waals surface area contributed by atoms with Crippen LogP contribution in [0, 0.1) is 5.92 Å². The molecule has 1 aromatic heterocycles. The standard InChI is InChI=1S/C30H30N4O4/c1-21(2)28-30(38)34(33(22(3)36)25(20-35)18-23-12-6-4-7-13-23)27(24-14-8-5-9-15-24)19-32(28)29(37)26-16-10-11-17-31-26/h4-17,19-21,25,28H,18H2,1-3H3/t25-,28+/m0/s1. The zero-order chi connectivity index (χ0) is 27.2. The van der Waals surface area contributed by atoms with Gasteiger partial charge in [-0.15, -0.1) is 0 Å². The Morgan fingerprint density at radius 1 is 0.974 bits per heavy atom. The first-order valence-corrected chi connectivity index (χ1v) is 12.5. The predicted molar refractivity (Wildman–Crippen MR) is 143 cm³/mol. The smallest absolute Gasteiger partial charge is 0.277 e. The lowest BCUT2D eigenvalue weighted by Gasteiger charge is -2.46. The summed E-state index contributed by atoms with van der Waals surface area (Å²) in [6, 6.07) is 21.5. The van der Waals surface area contributed by atoms with Crippen molar-refractivity contribution in [2.75, 3.05) is 0 Å². The third-order valence-electron chi connectivity index (χ3n) is 6.37. The molecular formula is C30H30N4O4. The van der Waals surface area contributed by atoms with Crippen LogP contribution in [0.15, 0.2) is 91.3 Å². The van der Waals surface area contributed by atoms with E-state index in [2.05, 4.69) is 4.98 Å². The average molecular weight is 511 g/mol. The maximum absolute atomic E-state index is 14.3. The largest absolute Gasteiger partial charge is 0.301 e. The number of hydrazine groups is 1. The quantitative estimate of drug-likeness (QED) is 0.428. The first-order chi connectivity index (χ1) is 18.3. The van der Waals surface area contributed by atoms with Crippen molar-refractivity contribution in [3.8, 4) is 0 Å². The van der Waals surface area contributed by atoms with Crippen LogP contribution in [-0.4, -0.2) is 56.0 Å². The first kappa shape index (κ1) is 26.5. The molecule has 0 unspecified atom stereocenters. The fraction of sp³-hybridized carbons (Fsp3) is 0.233. The lowest BCUT2D eigenvalue weighted by atomic mass is 9.97. The van der Waals surface area contributed by atoms with Crippen LogP contribution in [0.2, 0.25) is 0 Å². The third kappa shape index (κ3) is 5.39. The van der Waals surface area contributed by atoms with E-state index in [1.165, 1.54) is 28.0 Å². The van der Waals surface area contributed by atoms with Crippen LogP contribution in [0.3, 0.4) is 0 Å². The molecule has 3 amide bonds. The van der Waals surface area contributed by atoms with Crippen molar-refractivity contribution in [3.05, 3.63) is 108 Å². The molecule has 8 nitrogen and oxygen atoms in total. The number of aromatic nitrogens is 1. The van der Waals surface area contributed by atoms with Crippen LogP contribution in [0.25, 0.3) is 5.70 Å². The van der Waals surface area contributed by atoms with Crippen LogP contribution < -0.4 is 0 Å². The second-order valence-electron chi connectivity index (χ2n) is 9.40. The van der Waals surface area contributed by atoms with Crippen molar-refractivity contribution in [2.24, 2.45) is 5.92 Å². The summed E-state index contributed by atoms with van der Waals surface area (Å²) in [7, 11) is 0. The number of benzene rings is 2. The van der Waals surface area contributed by atoms with E-state index >= 15 is 0 Å². The Labute approximate surface area is 222 Å². The molecular weight excluding hydrogens is 480 g/mol. The fourth-order valence-corrected chi connectivity index (χ4v) is 4.64. The minimum atomic E-state index is -0.947. The molecule has 4 rings (SSSR count). The molecule has 2 atom stereocenters. The normalized spacial score (nSPS) is 16.2. The summed E-state index contributed by atoms with van der Waals surface area (Å²) in [5.41, 5.74) is 1.96. The Morgan fingerprint density at radius 2 is 1.61 bits per heavy atom. The van der Waals surface area contributed by atoms with Crippen LogP contribution in [0.5, 0.6) is 0 Å². The number of pyridine rings is 1. The van der Waals surface area contributed by atoms with E-state index in [4.69, 9.17) is 0 Å². The number of aldehydes is 1. The van der Waals surface area contributed by atoms with E-state index in [0.717, 1.165) is 5.56 Å². The van der Waals surface area contributed by atoms with Gasteiger partial charge in [0, 0.05) is 31.3 Å². The van der Waals surface area contributed by atoms with Gasteiger partial charge < -0.3 is 4.79 Å². The molecule has 194 valence electrons. The number of carbonyl (C=O) groups excluding carboxylic acids is 4. The van der Waals surface area contributed by atoms with E-state index in [-0.39, 0.29) is 18.0 Å². The zero-order valence-corrected chi connectivity index (χ0v) is 21.6. The minimum Gasteiger partial charge on any atom is -0.301 e. The Morgan fingerprint density at radius 3 is 2.16 bits per heavy atom. The Kier molecular flexibility index (Phi) is 8.11. The van der Waals surface area contributed by atoms with Gasteiger partial charge in [-0.05, 0) is 23.6 Å². The van der Waals surface area contributed by atoms with E-state index in [1.807, 2.05) is 50.2 Å². The second kappa shape index (κ2) is 11.6. The van der Waals surface area contributed by atoms with Gasteiger partial charge in [0.1, 0.15) is 24.1 Å². The summed E-state index contributed by atoms with van der Waals surface area (Å²) < 4.78 is 0.